The third-order valence-electron chi connectivity index (χ3n) is 3.34. The van der Waals surface area contributed by atoms with Crippen molar-refractivity contribution in [3.63, 3.8) is 0 Å². The Morgan fingerprint density at radius 1 is 1.41 bits per heavy atom. The van der Waals surface area contributed by atoms with Crippen LogP contribution in [0.4, 0.5) is 11.6 Å². The average Bonchev–Trinajstić information content (AvgIpc) is 2.27. The Labute approximate surface area is 103 Å². The van der Waals surface area contributed by atoms with E-state index in [4.69, 9.17) is 5.73 Å². The Bertz CT molecular complexity index is 372. The van der Waals surface area contributed by atoms with Crippen LogP contribution >= 0.6 is 0 Å². The van der Waals surface area contributed by atoms with E-state index in [9.17, 15) is 0 Å². The van der Waals surface area contributed by atoms with Gasteiger partial charge in [0.25, 0.3) is 0 Å². The lowest BCUT2D eigenvalue weighted by molar-refractivity contribution is 0.199. The molecule has 1 aromatic heterocycles. The van der Waals surface area contributed by atoms with Gasteiger partial charge in [-0.15, -0.1) is 0 Å². The first-order chi connectivity index (χ1) is 8.10. The number of rotatable bonds is 2. The largest absolute Gasteiger partial charge is 0.384 e. The minimum Gasteiger partial charge on any atom is -0.384 e. The lowest BCUT2D eigenvalue weighted by Crippen LogP contribution is -2.52. The number of nitrogens with two attached hydrogens (primary N) is 1. The summed E-state index contributed by atoms with van der Waals surface area (Å²) in [5.74, 6) is 2.25. The monoisotopic (exact) mass is 235 g/mol. The van der Waals surface area contributed by atoms with Crippen molar-refractivity contribution >= 4 is 11.6 Å². The molecule has 1 aliphatic rings. The number of nitrogens with zero attached hydrogens (tertiary/aromatic N) is 4. The van der Waals surface area contributed by atoms with Crippen LogP contribution in [0.2, 0.25) is 0 Å². The highest BCUT2D eigenvalue weighted by atomic mass is 15.3. The number of anilines is 2. The minimum atomic E-state index is 0.554. The number of hydrogen-bond acceptors (Lipinski definition) is 5. The Kier molecular flexibility index (Phi) is 3.47. The molecule has 1 aliphatic heterocycles. The van der Waals surface area contributed by atoms with E-state index in [-0.39, 0.29) is 0 Å². The fourth-order valence-corrected chi connectivity index (χ4v) is 2.41. The fraction of sp³-hybridized carbons (Fsp3) is 0.667. The molecule has 1 saturated heterocycles. The zero-order chi connectivity index (χ0) is 12.4. The minimum absolute atomic E-state index is 0.554. The van der Waals surface area contributed by atoms with Crippen molar-refractivity contribution in [2.45, 2.75) is 26.8 Å². The van der Waals surface area contributed by atoms with Crippen molar-refractivity contribution in [2.24, 2.45) is 0 Å². The molecule has 2 N–H and O–H groups in total. The van der Waals surface area contributed by atoms with Crippen LogP contribution in [0, 0.1) is 6.92 Å². The third-order valence-corrected chi connectivity index (χ3v) is 3.34. The zero-order valence-electron chi connectivity index (χ0n) is 10.8. The normalized spacial score (nSPS) is 21.8. The van der Waals surface area contributed by atoms with Gasteiger partial charge in [-0.05, 0) is 20.4 Å². The highest BCUT2D eigenvalue weighted by Crippen LogP contribution is 2.18. The standard InChI is InChI=1S/C12H21N5/c1-4-16-5-6-17(8-9(16)2)12-7-11(13)14-10(3)15-12/h7,9H,4-6,8H2,1-3H3,(H2,13,14,15). The maximum absolute atomic E-state index is 5.77. The second-order valence-corrected chi connectivity index (χ2v) is 4.62. The SMILES string of the molecule is CCN1CCN(c2cc(N)nc(C)n2)CC1C. The summed E-state index contributed by atoms with van der Waals surface area (Å²) >= 11 is 0. The van der Waals surface area contributed by atoms with E-state index in [1.54, 1.807) is 0 Å². The van der Waals surface area contributed by atoms with E-state index < -0.39 is 0 Å². The van der Waals surface area contributed by atoms with Crippen LogP contribution in [0.1, 0.15) is 19.7 Å². The van der Waals surface area contributed by atoms with E-state index in [1.165, 1.54) is 0 Å². The van der Waals surface area contributed by atoms with Crippen LogP contribution in [0.3, 0.4) is 0 Å². The van der Waals surface area contributed by atoms with Gasteiger partial charge < -0.3 is 10.6 Å². The molecule has 0 aromatic carbocycles. The number of likely N-dealkylation sites (N-methyl/N-ethyl adjacent to an activating group) is 1. The molecule has 1 unspecified atom stereocenters. The first kappa shape index (κ1) is 12.1. The average molecular weight is 235 g/mol. The summed E-state index contributed by atoms with van der Waals surface area (Å²) in [6, 6.07) is 2.42. The molecule has 0 spiro atoms. The van der Waals surface area contributed by atoms with Crippen molar-refractivity contribution in [1.29, 1.82) is 0 Å². The molecule has 0 aliphatic carbocycles. The van der Waals surface area contributed by atoms with Gasteiger partial charge in [0.15, 0.2) is 0 Å². The number of nitrogen functional groups attached to an aromatic ring is 1. The third kappa shape index (κ3) is 2.66. The molecule has 94 valence electrons. The van der Waals surface area contributed by atoms with Crippen LogP contribution in [-0.4, -0.2) is 47.1 Å². The second-order valence-electron chi connectivity index (χ2n) is 4.62. The molecule has 0 radical (unpaired) electrons. The predicted molar refractivity (Wildman–Crippen MR) is 70.1 cm³/mol. The van der Waals surface area contributed by atoms with Gasteiger partial charge in [-0.3, -0.25) is 4.90 Å². The van der Waals surface area contributed by atoms with Gasteiger partial charge in [0.05, 0.1) is 0 Å². The lowest BCUT2D eigenvalue weighted by Gasteiger charge is -2.39. The van der Waals surface area contributed by atoms with E-state index in [1.807, 2.05) is 13.0 Å². The van der Waals surface area contributed by atoms with Crippen molar-refractivity contribution in [3.8, 4) is 0 Å². The number of hydrogen-bond donors (Lipinski definition) is 1. The van der Waals surface area contributed by atoms with E-state index in [2.05, 4.69) is 33.6 Å². The smallest absolute Gasteiger partial charge is 0.134 e. The Hall–Kier alpha value is -1.36. The van der Waals surface area contributed by atoms with E-state index in [0.717, 1.165) is 37.8 Å². The summed E-state index contributed by atoms with van der Waals surface area (Å²) in [5.41, 5.74) is 5.77. The van der Waals surface area contributed by atoms with Gasteiger partial charge in [-0.1, -0.05) is 6.92 Å². The molecule has 17 heavy (non-hydrogen) atoms. The molecular weight excluding hydrogens is 214 g/mol. The first-order valence-electron chi connectivity index (χ1n) is 6.20. The molecule has 0 bridgehead atoms. The number of piperazine rings is 1. The van der Waals surface area contributed by atoms with Gasteiger partial charge in [-0.2, -0.15) is 0 Å². The van der Waals surface area contributed by atoms with Gasteiger partial charge in [0.1, 0.15) is 17.5 Å². The van der Waals surface area contributed by atoms with Crippen LogP contribution in [0.15, 0.2) is 6.07 Å². The molecule has 5 nitrogen and oxygen atoms in total. The fourth-order valence-electron chi connectivity index (χ4n) is 2.41. The Balaban J connectivity index is 2.13. The maximum Gasteiger partial charge on any atom is 0.134 e. The van der Waals surface area contributed by atoms with Crippen LogP contribution in [-0.2, 0) is 0 Å². The molecule has 1 atom stereocenters. The summed E-state index contributed by atoms with van der Waals surface area (Å²) in [4.78, 5) is 13.3. The predicted octanol–water partition coefficient (Wildman–Crippen LogP) is 0.898. The summed E-state index contributed by atoms with van der Waals surface area (Å²) < 4.78 is 0. The van der Waals surface area contributed by atoms with Crippen LogP contribution in [0.5, 0.6) is 0 Å². The summed E-state index contributed by atoms with van der Waals surface area (Å²) in [7, 11) is 0. The molecule has 1 fully saturated rings. The Morgan fingerprint density at radius 2 is 2.18 bits per heavy atom. The van der Waals surface area contributed by atoms with E-state index >= 15 is 0 Å². The van der Waals surface area contributed by atoms with Crippen molar-refractivity contribution in [3.05, 3.63) is 11.9 Å². The van der Waals surface area contributed by atoms with Crippen molar-refractivity contribution in [1.82, 2.24) is 14.9 Å². The van der Waals surface area contributed by atoms with Crippen LogP contribution < -0.4 is 10.6 Å². The molecule has 5 heteroatoms. The van der Waals surface area contributed by atoms with Crippen LogP contribution in [0.25, 0.3) is 0 Å². The first-order valence-corrected chi connectivity index (χ1v) is 6.20. The van der Waals surface area contributed by atoms with Gasteiger partial charge >= 0.3 is 0 Å². The van der Waals surface area contributed by atoms with Crippen molar-refractivity contribution < 1.29 is 0 Å². The highest BCUT2D eigenvalue weighted by molar-refractivity contribution is 5.47. The second kappa shape index (κ2) is 4.87. The lowest BCUT2D eigenvalue weighted by atomic mass is 10.2. The van der Waals surface area contributed by atoms with E-state index in [0.29, 0.717) is 11.9 Å². The van der Waals surface area contributed by atoms with Gasteiger partial charge in [0.2, 0.25) is 0 Å². The topological polar surface area (TPSA) is 58.3 Å². The maximum atomic E-state index is 5.77. The molecule has 2 heterocycles. The van der Waals surface area contributed by atoms with Crippen molar-refractivity contribution in [2.75, 3.05) is 36.8 Å². The summed E-state index contributed by atoms with van der Waals surface area (Å²) in [5, 5.41) is 0. The number of aromatic nitrogens is 2. The molecule has 0 amide bonds. The summed E-state index contributed by atoms with van der Waals surface area (Å²) in [6.45, 7) is 10.6. The quantitative estimate of drug-likeness (QED) is 0.825. The van der Waals surface area contributed by atoms with Gasteiger partial charge in [0, 0.05) is 31.7 Å². The number of aryl methyl sites for hydroxylation is 1. The molecule has 2 rings (SSSR count). The molecule has 0 saturated carbocycles. The highest BCUT2D eigenvalue weighted by Gasteiger charge is 2.23. The molecule has 1 aromatic rings. The molecular formula is C12H21N5. The Morgan fingerprint density at radius 3 is 2.76 bits per heavy atom. The van der Waals surface area contributed by atoms with Gasteiger partial charge in [-0.25, -0.2) is 9.97 Å². The zero-order valence-corrected chi connectivity index (χ0v) is 10.8. The summed E-state index contributed by atoms with van der Waals surface area (Å²) in [6.07, 6.45) is 0.